The zero-order valence-corrected chi connectivity index (χ0v) is 49.9. The number of nitrogens with zero attached hydrogens (tertiary/aromatic N) is 4. The molecular weight excluding hydrogens is 1240 g/mol. The Morgan fingerprint density at radius 3 is 1.23 bits per heavy atom. The number of halogens is 6. The van der Waals surface area contributed by atoms with E-state index >= 15 is 0 Å². The number of carbonyl (C=O) groups excluding carboxylic acids is 3. The molecule has 2 fully saturated rings. The highest BCUT2D eigenvalue weighted by Gasteiger charge is 2.41. The van der Waals surface area contributed by atoms with Crippen LogP contribution in [0.3, 0.4) is 0 Å². The molecule has 2 saturated heterocycles. The fourth-order valence-electron chi connectivity index (χ4n) is 7.86. The number of ether oxygens (including phenoxy) is 14. The van der Waals surface area contributed by atoms with E-state index in [0.29, 0.717) is 12.1 Å². The van der Waals surface area contributed by atoms with Crippen LogP contribution in [-0.4, -0.2) is 309 Å². The highest BCUT2D eigenvalue weighted by atomic mass is 19.4. The molecule has 0 bridgehead atoms. The molecule has 91 heavy (non-hydrogen) atoms. The summed E-state index contributed by atoms with van der Waals surface area (Å²) in [6.45, 7) is 1.86. The number of aliphatic hydroxyl groups excluding tert-OH is 4. The maximum absolute atomic E-state index is 13.0. The highest BCUT2D eigenvalue weighted by Crippen LogP contribution is 2.29. The molecule has 3 amide bonds. The average Bonchev–Trinajstić information content (AvgIpc) is 1.03. The van der Waals surface area contributed by atoms with Gasteiger partial charge in [-0.2, -0.15) is 26.3 Å². The molecule has 2 aromatic rings. The summed E-state index contributed by atoms with van der Waals surface area (Å²) in [5.41, 5.74) is -2.33. The molecule has 8 atom stereocenters. The lowest BCUT2D eigenvalue weighted by Crippen LogP contribution is -2.57. The highest BCUT2D eigenvalue weighted by molar-refractivity contribution is 5.77. The lowest BCUT2D eigenvalue weighted by Gasteiger charge is -2.37. The summed E-state index contributed by atoms with van der Waals surface area (Å²) in [5.74, 6) is -3.08. The number of hydrogen-bond donors (Lipinski definition) is 10. The molecule has 520 valence electrons. The Morgan fingerprint density at radius 2 is 0.846 bits per heavy atom. The minimum absolute atomic E-state index is 0.00306. The van der Waals surface area contributed by atoms with E-state index < -0.39 is 97.0 Å². The summed E-state index contributed by atoms with van der Waals surface area (Å²) in [5, 5.41) is 63.8. The van der Waals surface area contributed by atoms with Gasteiger partial charge in [0.1, 0.15) is 61.2 Å². The second-order valence-electron chi connectivity index (χ2n) is 19.7. The first-order valence-electron chi connectivity index (χ1n) is 29.0. The Labute approximate surface area is 519 Å². The van der Waals surface area contributed by atoms with Crippen LogP contribution in [0.4, 0.5) is 38.2 Å². The van der Waals surface area contributed by atoms with Crippen LogP contribution in [0.5, 0.6) is 0 Å². The smallest absolute Gasteiger partial charge is 0.433 e. The number of amides is 3. The standard InChI is InChI=1S/C53H83F6N9O23/c54-52(55,56)40-1-5-62-50(67-40)65-36-29-90-38(48(76)46(36)74)31-86-23-21-82-19-17-80-15-13-78-11-7-60-42(69)3-9-84-27-35(64-44(71)33-88-25-26-89-34-45(72)73)28-85-10-4-43(70)61-8-12-79-14-16-81-18-20-83-22-24-87-32-39-49(77)47(75)37(30-91-39)66-51-63-6-2-41(68-51)53(57,58)59/h1-2,5-6,35-39,46-49,74-77H,3-4,7-34H2,(H,60,69)(H,61,70)(H,64,71)(H,72,73)(H,62,65,67)(H,63,66,68)/t36-,37-,38+,39+,46+,47+,48-,49-/m0/s1. The first kappa shape index (κ1) is 77.9. The monoisotopic (exact) mass is 1330 g/mol. The van der Waals surface area contributed by atoms with Crippen molar-refractivity contribution in [1.82, 2.24) is 35.9 Å². The largest absolute Gasteiger partial charge is 0.480 e. The van der Waals surface area contributed by atoms with Gasteiger partial charge in [-0.3, -0.25) is 14.4 Å². The van der Waals surface area contributed by atoms with Crippen LogP contribution in [0.25, 0.3) is 0 Å². The Hall–Kier alpha value is -5.50. The van der Waals surface area contributed by atoms with Gasteiger partial charge in [-0.15, -0.1) is 0 Å². The van der Waals surface area contributed by atoms with Crippen LogP contribution in [-0.2, 0) is 97.8 Å². The first-order chi connectivity index (χ1) is 43.7. The maximum atomic E-state index is 13.0. The average molecular weight is 1330 g/mol. The van der Waals surface area contributed by atoms with Crippen molar-refractivity contribution in [2.24, 2.45) is 0 Å². The van der Waals surface area contributed by atoms with Gasteiger partial charge in [0.25, 0.3) is 0 Å². The van der Waals surface area contributed by atoms with Gasteiger partial charge in [0, 0.05) is 38.3 Å². The van der Waals surface area contributed by atoms with E-state index in [4.69, 9.17) is 71.4 Å². The van der Waals surface area contributed by atoms with Crippen LogP contribution in [0.15, 0.2) is 24.5 Å². The number of rotatable bonds is 50. The Kier molecular flexibility index (Phi) is 38.5. The van der Waals surface area contributed by atoms with Gasteiger partial charge >= 0.3 is 18.3 Å². The quantitative estimate of drug-likeness (QED) is 0.0244. The molecule has 0 unspecified atom stereocenters. The number of nitrogens with one attached hydrogen (secondary N) is 5. The number of aliphatic carboxylic acids is 1. The van der Waals surface area contributed by atoms with Crippen molar-refractivity contribution in [3.8, 4) is 0 Å². The van der Waals surface area contributed by atoms with Crippen molar-refractivity contribution in [2.45, 2.75) is 79.9 Å². The van der Waals surface area contributed by atoms with Crippen molar-refractivity contribution in [2.75, 3.05) is 196 Å². The molecule has 2 aliphatic rings. The lowest BCUT2D eigenvalue weighted by atomic mass is 9.98. The molecular formula is C53H83F6N9O23. The van der Waals surface area contributed by atoms with Crippen LogP contribution in [0.2, 0.25) is 0 Å². The number of alkyl halides is 6. The van der Waals surface area contributed by atoms with Crippen LogP contribution in [0, 0.1) is 0 Å². The zero-order chi connectivity index (χ0) is 66.1. The number of carboxylic acids is 1. The Bertz CT molecular complexity index is 2200. The third-order valence-electron chi connectivity index (χ3n) is 12.5. The van der Waals surface area contributed by atoms with Gasteiger partial charge in [-0.05, 0) is 12.1 Å². The summed E-state index contributed by atoms with van der Waals surface area (Å²) in [6.07, 6.45) is -15.0. The molecule has 0 aromatic carbocycles. The van der Waals surface area contributed by atoms with E-state index in [2.05, 4.69) is 46.5 Å². The lowest BCUT2D eigenvalue weighted by molar-refractivity contribution is -0.161. The van der Waals surface area contributed by atoms with Crippen LogP contribution >= 0.6 is 0 Å². The molecule has 0 radical (unpaired) electrons. The normalized spacial score (nSPS) is 20.3. The summed E-state index contributed by atoms with van der Waals surface area (Å²) in [4.78, 5) is 62.2. The number of anilines is 2. The summed E-state index contributed by atoms with van der Waals surface area (Å²) < 4.78 is 154. The van der Waals surface area contributed by atoms with E-state index in [1.807, 2.05) is 0 Å². The van der Waals surface area contributed by atoms with Crippen molar-refractivity contribution in [3.63, 3.8) is 0 Å². The molecule has 4 rings (SSSR count). The van der Waals surface area contributed by atoms with Crippen molar-refractivity contribution >= 4 is 35.6 Å². The van der Waals surface area contributed by atoms with E-state index in [9.17, 15) is 65.9 Å². The molecule has 2 aliphatic heterocycles. The van der Waals surface area contributed by atoms with E-state index in [1.165, 1.54) is 0 Å². The molecule has 0 saturated carbocycles. The van der Waals surface area contributed by atoms with E-state index in [-0.39, 0.29) is 215 Å². The molecule has 2 aromatic heterocycles. The van der Waals surface area contributed by atoms with Crippen molar-refractivity contribution < 1.29 is 137 Å². The zero-order valence-electron chi connectivity index (χ0n) is 49.9. The third-order valence-corrected chi connectivity index (χ3v) is 12.5. The number of aliphatic hydroxyl groups is 4. The fraction of sp³-hybridized carbons (Fsp3) is 0.774. The molecule has 38 heteroatoms. The predicted octanol–water partition coefficient (Wildman–Crippen LogP) is -2.41. The molecule has 10 N–H and O–H groups in total. The van der Waals surface area contributed by atoms with Gasteiger partial charge in [0.15, 0.2) is 0 Å². The minimum Gasteiger partial charge on any atom is -0.480 e. The van der Waals surface area contributed by atoms with E-state index in [1.54, 1.807) is 0 Å². The van der Waals surface area contributed by atoms with Gasteiger partial charge in [0.05, 0.1) is 177 Å². The van der Waals surface area contributed by atoms with E-state index in [0.717, 1.165) is 12.4 Å². The maximum Gasteiger partial charge on any atom is 0.433 e. The van der Waals surface area contributed by atoms with Crippen LogP contribution in [0.1, 0.15) is 24.2 Å². The molecule has 0 spiro atoms. The molecule has 32 nitrogen and oxygen atoms in total. The molecule has 0 aliphatic carbocycles. The number of hydrogen-bond acceptors (Lipinski definition) is 28. The Morgan fingerprint density at radius 1 is 0.484 bits per heavy atom. The number of carboxylic acid groups (broad SMARTS) is 1. The SMILES string of the molecule is O=C(O)COCCOCC(=O)NC(COCCC(=O)NCCOCCOCCOCCOC[C@H]1OC[C@H](Nc2nccc(C(F)(F)F)n2)[C@@H](O)[C@H]1O)COCCC(=O)NCCOCCOCCOCCOC[C@H]1OC[C@H](Nc2nccc(C(F)(F)F)n2)[C@@H](O)[C@H]1O. The second kappa shape index (κ2) is 44.9. The van der Waals surface area contributed by atoms with Gasteiger partial charge < -0.3 is 118 Å². The fourth-order valence-corrected chi connectivity index (χ4v) is 7.86. The topological polar surface area (TPSA) is 410 Å². The third kappa shape index (κ3) is 34.3. The number of aromatic nitrogens is 4. The summed E-state index contributed by atoms with van der Waals surface area (Å²) >= 11 is 0. The minimum atomic E-state index is -4.69. The van der Waals surface area contributed by atoms with Gasteiger partial charge in [0.2, 0.25) is 29.6 Å². The summed E-state index contributed by atoms with van der Waals surface area (Å²) in [7, 11) is 0. The Balaban J connectivity index is 0.937. The summed E-state index contributed by atoms with van der Waals surface area (Å²) in [6, 6.07) is -1.24. The van der Waals surface area contributed by atoms with Gasteiger partial charge in [-0.25, -0.2) is 24.7 Å². The number of carbonyl (C=O) groups is 4. The molecule has 4 heterocycles. The predicted molar refractivity (Wildman–Crippen MR) is 297 cm³/mol. The van der Waals surface area contributed by atoms with Crippen LogP contribution < -0.4 is 26.6 Å². The van der Waals surface area contributed by atoms with Crippen molar-refractivity contribution in [3.05, 3.63) is 35.9 Å². The second-order valence-corrected chi connectivity index (χ2v) is 19.7. The van der Waals surface area contributed by atoms with Crippen molar-refractivity contribution in [1.29, 1.82) is 0 Å². The van der Waals surface area contributed by atoms with Gasteiger partial charge in [-0.1, -0.05) is 0 Å². The first-order valence-corrected chi connectivity index (χ1v) is 29.0.